The molecular formula is C12H27NO2. The van der Waals surface area contributed by atoms with E-state index >= 15 is 0 Å². The van der Waals surface area contributed by atoms with Gasteiger partial charge in [-0.2, -0.15) is 0 Å². The lowest BCUT2D eigenvalue weighted by Gasteiger charge is -2.35. The number of ether oxygens (including phenoxy) is 1. The first-order chi connectivity index (χ1) is 6.99. The first kappa shape index (κ1) is 14.9. The molecule has 0 aliphatic heterocycles. The summed E-state index contributed by atoms with van der Waals surface area (Å²) >= 11 is 0. The van der Waals surface area contributed by atoms with Crippen LogP contribution in [0, 0.1) is 0 Å². The second-order valence-corrected chi connectivity index (χ2v) is 4.49. The molecule has 0 fully saturated rings. The molecule has 0 unspecified atom stereocenters. The van der Waals surface area contributed by atoms with E-state index < -0.39 is 5.60 Å². The Morgan fingerprint density at radius 3 is 2.13 bits per heavy atom. The molecule has 0 amide bonds. The highest BCUT2D eigenvalue weighted by Gasteiger charge is 2.26. The van der Waals surface area contributed by atoms with Gasteiger partial charge >= 0.3 is 0 Å². The first-order valence-electron chi connectivity index (χ1n) is 5.94. The molecule has 1 N–H and O–H groups in total. The lowest BCUT2D eigenvalue weighted by atomic mass is 9.96. The maximum atomic E-state index is 10.3. The van der Waals surface area contributed by atoms with Gasteiger partial charge < -0.3 is 9.84 Å². The topological polar surface area (TPSA) is 32.7 Å². The molecular weight excluding hydrogens is 190 g/mol. The molecule has 0 rings (SSSR count). The number of hydrogen-bond donors (Lipinski definition) is 1. The zero-order chi connectivity index (χ0) is 11.9. The molecule has 15 heavy (non-hydrogen) atoms. The van der Waals surface area contributed by atoms with Gasteiger partial charge in [-0.05, 0) is 26.7 Å². The summed E-state index contributed by atoms with van der Waals surface area (Å²) in [5.74, 6) is 0. The summed E-state index contributed by atoms with van der Waals surface area (Å²) in [6.07, 6.45) is 1.61. The van der Waals surface area contributed by atoms with Crippen molar-refractivity contribution in [1.82, 2.24) is 4.90 Å². The predicted molar refractivity (Wildman–Crippen MR) is 64.1 cm³/mol. The number of aliphatic hydroxyl groups is 1. The average Bonchev–Trinajstić information content (AvgIpc) is 2.23. The van der Waals surface area contributed by atoms with Crippen LogP contribution in [-0.2, 0) is 4.74 Å². The second kappa shape index (κ2) is 7.20. The van der Waals surface area contributed by atoms with Gasteiger partial charge in [0, 0.05) is 26.2 Å². The molecule has 0 atom stereocenters. The van der Waals surface area contributed by atoms with Crippen LogP contribution in [0.3, 0.4) is 0 Å². The lowest BCUT2D eigenvalue weighted by Crippen LogP contribution is -2.46. The smallest absolute Gasteiger partial charge is 0.0769 e. The van der Waals surface area contributed by atoms with Crippen molar-refractivity contribution in [2.45, 2.75) is 52.2 Å². The Morgan fingerprint density at radius 2 is 1.80 bits per heavy atom. The highest BCUT2D eigenvalue weighted by Crippen LogP contribution is 2.17. The summed E-state index contributed by atoms with van der Waals surface area (Å²) in [6, 6.07) is 0.449. The van der Waals surface area contributed by atoms with Crippen molar-refractivity contribution in [1.29, 1.82) is 0 Å². The van der Waals surface area contributed by atoms with E-state index in [0.29, 0.717) is 6.04 Å². The lowest BCUT2D eigenvalue weighted by molar-refractivity contribution is -0.0170. The SMILES string of the molecule is CCC(O)(CC)CN(CCOC)C(C)C. The normalized spacial score (nSPS) is 12.8. The molecule has 0 radical (unpaired) electrons. The zero-order valence-corrected chi connectivity index (χ0v) is 10.9. The summed E-state index contributed by atoms with van der Waals surface area (Å²) in [5, 5.41) is 10.3. The molecule has 0 aliphatic rings. The van der Waals surface area contributed by atoms with E-state index in [4.69, 9.17) is 4.74 Å². The Bertz CT molecular complexity index is 156. The molecule has 0 aromatic rings. The average molecular weight is 217 g/mol. The number of rotatable bonds is 8. The van der Waals surface area contributed by atoms with Crippen molar-refractivity contribution >= 4 is 0 Å². The van der Waals surface area contributed by atoms with Gasteiger partial charge in [0.25, 0.3) is 0 Å². The molecule has 0 aromatic heterocycles. The Morgan fingerprint density at radius 1 is 1.27 bits per heavy atom. The van der Waals surface area contributed by atoms with Gasteiger partial charge in [0.2, 0.25) is 0 Å². The van der Waals surface area contributed by atoms with Crippen LogP contribution < -0.4 is 0 Å². The van der Waals surface area contributed by atoms with Gasteiger partial charge in [-0.15, -0.1) is 0 Å². The first-order valence-corrected chi connectivity index (χ1v) is 5.94. The van der Waals surface area contributed by atoms with E-state index in [9.17, 15) is 5.11 Å². The minimum atomic E-state index is -0.544. The monoisotopic (exact) mass is 217 g/mol. The fourth-order valence-electron chi connectivity index (χ4n) is 1.58. The number of hydrogen-bond acceptors (Lipinski definition) is 3. The van der Waals surface area contributed by atoms with Gasteiger partial charge in [-0.1, -0.05) is 13.8 Å². The molecule has 0 aliphatic carbocycles. The molecule has 3 heteroatoms. The summed E-state index contributed by atoms with van der Waals surface area (Å²) in [5.41, 5.74) is -0.544. The maximum Gasteiger partial charge on any atom is 0.0769 e. The van der Waals surface area contributed by atoms with Gasteiger partial charge in [0.15, 0.2) is 0 Å². The molecule has 0 spiro atoms. The number of nitrogens with zero attached hydrogens (tertiary/aromatic N) is 1. The molecule has 0 aromatic carbocycles. The molecule has 92 valence electrons. The summed E-state index contributed by atoms with van der Waals surface area (Å²) in [6.45, 7) is 10.7. The van der Waals surface area contributed by atoms with Crippen LogP contribution in [0.2, 0.25) is 0 Å². The third kappa shape index (κ3) is 5.50. The standard InChI is InChI=1S/C12H27NO2/c1-6-12(14,7-2)10-13(11(3)4)8-9-15-5/h11,14H,6-10H2,1-5H3. The van der Waals surface area contributed by atoms with Gasteiger partial charge in [0.05, 0.1) is 12.2 Å². The summed E-state index contributed by atoms with van der Waals surface area (Å²) < 4.78 is 5.08. The third-order valence-electron chi connectivity index (χ3n) is 3.13. The minimum Gasteiger partial charge on any atom is -0.389 e. The Kier molecular flexibility index (Phi) is 7.14. The van der Waals surface area contributed by atoms with Crippen molar-refractivity contribution in [2.24, 2.45) is 0 Å². The van der Waals surface area contributed by atoms with Crippen molar-refractivity contribution < 1.29 is 9.84 Å². The van der Waals surface area contributed by atoms with E-state index in [2.05, 4.69) is 18.7 Å². The predicted octanol–water partition coefficient (Wildman–Crippen LogP) is 1.89. The molecule has 0 saturated heterocycles. The van der Waals surface area contributed by atoms with Crippen LogP contribution in [0.5, 0.6) is 0 Å². The molecule has 3 nitrogen and oxygen atoms in total. The molecule has 0 saturated carbocycles. The highest BCUT2D eigenvalue weighted by atomic mass is 16.5. The van der Waals surface area contributed by atoms with Gasteiger partial charge in [-0.3, -0.25) is 4.90 Å². The Hall–Kier alpha value is -0.120. The van der Waals surface area contributed by atoms with Crippen LogP contribution >= 0.6 is 0 Å². The van der Waals surface area contributed by atoms with Crippen molar-refractivity contribution in [3.8, 4) is 0 Å². The van der Waals surface area contributed by atoms with Gasteiger partial charge in [0.1, 0.15) is 0 Å². The summed E-state index contributed by atoms with van der Waals surface area (Å²) in [7, 11) is 1.71. The second-order valence-electron chi connectivity index (χ2n) is 4.49. The van der Waals surface area contributed by atoms with E-state index in [1.54, 1.807) is 7.11 Å². The van der Waals surface area contributed by atoms with Crippen molar-refractivity contribution in [3.63, 3.8) is 0 Å². The quantitative estimate of drug-likeness (QED) is 0.674. The summed E-state index contributed by atoms with van der Waals surface area (Å²) in [4.78, 5) is 2.27. The number of methoxy groups -OCH3 is 1. The van der Waals surface area contributed by atoms with E-state index in [1.165, 1.54) is 0 Å². The fraction of sp³-hybridized carbons (Fsp3) is 1.00. The Balaban J connectivity index is 4.25. The Labute approximate surface area is 94.4 Å². The largest absolute Gasteiger partial charge is 0.389 e. The van der Waals surface area contributed by atoms with E-state index in [0.717, 1.165) is 32.5 Å². The van der Waals surface area contributed by atoms with Crippen LogP contribution in [0.25, 0.3) is 0 Å². The molecule has 0 heterocycles. The van der Waals surface area contributed by atoms with Crippen LogP contribution in [0.15, 0.2) is 0 Å². The highest BCUT2D eigenvalue weighted by molar-refractivity contribution is 4.81. The van der Waals surface area contributed by atoms with Crippen LogP contribution in [0.4, 0.5) is 0 Å². The zero-order valence-electron chi connectivity index (χ0n) is 10.9. The van der Waals surface area contributed by atoms with Crippen LogP contribution in [-0.4, -0.2) is 48.5 Å². The van der Waals surface area contributed by atoms with Crippen molar-refractivity contribution in [2.75, 3.05) is 26.8 Å². The molecule has 0 bridgehead atoms. The van der Waals surface area contributed by atoms with Crippen LogP contribution in [0.1, 0.15) is 40.5 Å². The fourth-order valence-corrected chi connectivity index (χ4v) is 1.58. The van der Waals surface area contributed by atoms with Gasteiger partial charge in [-0.25, -0.2) is 0 Å². The maximum absolute atomic E-state index is 10.3. The van der Waals surface area contributed by atoms with E-state index in [1.807, 2.05) is 13.8 Å². The van der Waals surface area contributed by atoms with E-state index in [-0.39, 0.29) is 0 Å². The minimum absolute atomic E-state index is 0.449. The third-order valence-corrected chi connectivity index (χ3v) is 3.13. The van der Waals surface area contributed by atoms with Crippen molar-refractivity contribution in [3.05, 3.63) is 0 Å².